The van der Waals surface area contributed by atoms with Gasteiger partial charge in [-0.2, -0.15) is 0 Å². The summed E-state index contributed by atoms with van der Waals surface area (Å²) in [5, 5.41) is 1.00. The molecule has 0 radical (unpaired) electrons. The molecule has 2 rings (SSSR count). The van der Waals surface area contributed by atoms with Crippen LogP contribution in [-0.2, 0) is 0 Å². The predicted octanol–water partition coefficient (Wildman–Crippen LogP) is 3.43. The summed E-state index contributed by atoms with van der Waals surface area (Å²) in [5.74, 6) is 0.122. The second-order valence-corrected chi connectivity index (χ2v) is 4.84. The van der Waals surface area contributed by atoms with Gasteiger partial charge in [0.2, 0.25) is 0 Å². The van der Waals surface area contributed by atoms with E-state index in [1.54, 1.807) is 0 Å². The molecule has 96 valence electrons. The van der Waals surface area contributed by atoms with Crippen molar-refractivity contribution >= 4 is 16.8 Å². The highest BCUT2D eigenvalue weighted by Crippen LogP contribution is 2.20. The van der Waals surface area contributed by atoms with Gasteiger partial charge in [-0.15, -0.1) is 0 Å². The third kappa shape index (κ3) is 2.26. The van der Waals surface area contributed by atoms with Crippen LogP contribution in [0.4, 0.5) is 0 Å². The van der Waals surface area contributed by atoms with E-state index in [0.29, 0.717) is 0 Å². The maximum Gasteiger partial charge on any atom is 0.254 e. The number of aromatic nitrogens is 1. The normalized spacial score (nSPS) is 11.1. The van der Waals surface area contributed by atoms with Crippen LogP contribution in [0.1, 0.15) is 37.6 Å². The minimum absolute atomic E-state index is 0.122. The summed E-state index contributed by atoms with van der Waals surface area (Å²) in [7, 11) is 0. The molecule has 0 atom stereocenters. The summed E-state index contributed by atoms with van der Waals surface area (Å²) < 4.78 is 0. The Morgan fingerprint density at radius 1 is 1.33 bits per heavy atom. The van der Waals surface area contributed by atoms with E-state index in [9.17, 15) is 4.79 Å². The number of H-pyrrole nitrogens is 1. The zero-order valence-electron chi connectivity index (χ0n) is 11.2. The van der Waals surface area contributed by atoms with Gasteiger partial charge in [-0.1, -0.05) is 13.0 Å². The molecule has 0 spiro atoms. The van der Waals surface area contributed by atoms with Crippen LogP contribution in [0, 0.1) is 0 Å². The average molecular weight is 244 g/mol. The Morgan fingerprint density at radius 2 is 2.11 bits per heavy atom. The quantitative estimate of drug-likeness (QED) is 0.878. The number of amides is 1. The summed E-state index contributed by atoms with van der Waals surface area (Å²) in [4.78, 5) is 17.7. The Morgan fingerprint density at radius 3 is 2.78 bits per heavy atom. The SMILES string of the molecule is CCCN(C(=O)c1cccc2[nH]ccc12)C(C)C. The second-order valence-electron chi connectivity index (χ2n) is 4.84. The summed E-state index contributed by atoms with van der Waals surface area (Å²) in [5.41, 5.74) is 1.80. The number of rotatable bonds is 4. The molecule has 0 aliphatic carbocycles. The number of hydrogen-bond acceptors (Lipinski definition) is 1. The molecule has 0 bridgehead atoms. The number of hydrogen-bond donors (Lipinski definition) is 1. The fourth-order valence-electron chi connectivity index (χ4n) is 2.26. The van der Waals surface area contributed by atoms with Crippen molar-refractivity contribution in [2.75, 3.05) is 6.54 Å². The van der Waals surface area contributed by atoms with Gasteiger partial charge in [0.15, 0.2) is 0 Å². The van der Waals surface area contributed by atoms with Gasteiger partial charge in [0.25, 0.3) is 5.91 Å². The summed E-state index contributed by atoms with van der Waals surface area (Å²) in [6.07, 6.45) is 2.86. The third-order valence-electron chi connectivity index (χ3n) is 3.17. The Labute approximate surface area is 108 Å². The van der Waals surface area contributed by atoms with Crippen molar-refractivity contribution in [1.29, 1.82) is 0 Å². The van der Waals surface area contributed by atoms with Crippen molar-refractivity contribution < 1.29 is 4.79 Å². The minimum atomic E-state index is 0.122. The first-order chi connectivity index (χ1) is 8.65. The van der Waals surface area contributed by atoms with Crippen LogP contribution >= 0.6 is 0 Å². The van der Waals surface area contributed by atoms with Crippen molar-refractivity contribution in [3.8, 4) is 0 Å². The van der Waals surface area contributed by atoms with Gasteiger partial charge in [0, 0.05) is 35.2 Å². The molecule has 0 aliphatic heterocycles. The second kappa shape index (κ2) is 5.25. The lowest BCUT2D eigenvalue weighted by Crippen LogP contribution is -2.37. The van der Waals surface area contributed by atoms with E-state index in [1.165, 1.54) is 0 Å². The van der Waals surface area contributed by atoms with Crippen LogP contribution in [-0.4, -0.2) is 28.4 Å². The van der Waals surface area contributed by atoms with E-state index in [2.05, 4.69) is 25.8 Å². The molecule has 3 heteroatoms. The van der Waals surface area contributed by atoms with Gasteiger partial charge in [-0.3, -0.25) is 4.79 Å². The number of nitrogens with one attached hydrogen (secondary N) is 1. The standard InChI is InChI=1S/C15H20N2O/c1-4-10-17(11(2)3)15(18)13-6-5-7-14-12(13)8-9-16-14/h5-9,11,16H,4,10H2,1-3H3. The molecule has 0 saturated heterocycles. The summed E-state index contributed by atoms with van der Waals surface area (Å²) in [6.45, 7) is 7.02. The lowest BCUT2D eigenvalue weighted by molar-refractivity contribution is 0.0708. The monoisotopic (exact) mass is 244 g/mol. The topological polar surface area (TPSA) is 36.1 Å². The average Bonchev–Trinajstić information content (AvgIpc) is 2.82. The molecule has 0 saturated carbocycles. The van der Waals surface area contributed by atoms with Crippen LogP contribution in [0.25, 0.3) is 10.9 Å². The van der Waals surface area contributed by atoms with Crippen LogP contribution in [0.15, 0.2) is 30.5 Å². The molecule has 0 fully saturated rings. The molecular weight excluding hydrogens is 224 g/mol. The van der Waals surface area contributed by atoms with Gasteiger partial charge in [0.1, 0.15) is 0 Å². The maximum absolute atomic E-state index is 12.6. The lowest BCUT2D eigenvalue weighted by Gasteiger charge is -2.26. The molecule has 0 unspecified atom stereocenters. The van der Waals surface area contributed by atoms with Gasteiger partial charge >= 0.3 is 0 Å². The number of nitrogens with zero attached hydrogens (tertiary/aromatic N) is 1. The molecule has 0 aliphatic rings. The molecule has 1 amide bonds. The van der Waals surface area contributed by atoms with E-state index in [-0.39, 0.29) is 11.9 Å². The van der Waals surface area contributed by atoms with Gasteiger partial charge in [0.05, 0.1) is 0 Å². The van der Waals surface area contributed by atoms with Crippen molar-refractivity contribution in [2.45, 2.75) is 33.2 Å². The molecule has 1 N–H and O–H groups in total. The van der Waals surface area contributed by atoms with E-state index >= 15 is 0 Å². The van der Waals surface area contributed by atoms with E-state index in [0.717, 1.165) is 29.4 Å². The van der Waals surface area contributed by atoms with Crippen LogP contribution < -0.4 is 0 Å². The third-order valence-corrected chi connectivity index (χ3v) is 3.17. The Bertz CT molecular complexity index is 542. The summed E-state index contributed by atoms with van der Waals surface area (Å²) in [6, 6.07) is 8.02. The Kier molecular flexibility index (Phi) is 3.70. The molecule has 1 aromatic carbocycles. The highest BCUT2D eigenvalue weighted by molar-refractivity contribution is 6.06. The molecule has 1 aromatic heterocycles. The van der Waals surface area contributed by atoms with Crippen LogP contribution in [0.5, 0.6) is 0 Å². The smallest absolute Gasteiger partial charge is 0.254 e. The number of carbonyl (C=O) groups excluding carboxylic acids is 1. The zero-order valence-corrected chi connectivity index (χ0v) is 11.2. The molecule has 18 heavy (non-hydrogen) atoms. The zero-order chi connectivity index (χ0) is 13.1. The van der Waals surface area contributed by atoms with Crippen molar-refractivity contribution in [3.05, 3.63) is 36.0 Å². The number of carbonyl (C=O) groups is 1. The predicted molar refractivity (Wildman–Crippen MR) is 74.8 cm³/mol. The largest absolute Gasteiger partial charge is 0.361 e. The van der Waals surface area contributed by atoms with Crippen molar-refractivity contribution in [3.63, 3.8) is 0 Å². The first-order valence-corrected chi connectivity index (χ1v) is 6.52. The van der Waals surface area contributed by atoms with E-state index in [1.807, 2.05) is 35.4 Å². The first-order valence-electron chi connectivity index (χ1n) is 6.52. The number of fused-ring (bicyclic) bond motifs is 1. The van der Waals surface area contributed by atoms with Gasteiger partial charge < -0.3 is 9.88 Å². The number of aromatic amines is 1. The van der Waals surface area contributed by atoms with E-state index in [4.69, 9.17) is 0 Å². The summed E-state index contributed by atoms with van der Waals surface area (Å²) >= 11 is 0. The lowest BCUT2D eigenvalue weighted by atomic mass is 10.1. The van der Waals surface area contributed by atoms with Crippen LogP contribution in [0.2, 0.25) is 0 Å². The molecule has 3 nitrogen and oxygen atoms in total. The molecule has 1 heterocycles. The van der Waals surface area contributed by atoms with Crippen molar-refractivity contribution in [2.24, 2.45) is 0 Å². The van der Waals surface area contributed by atoms with Gasteiger partial charge in [-0.25, -0.2) is 0 Å². The maximum atomic E-state index is 12.6. The fourth-order valence-corrected chi connectivity index (χ4v) is 2.26. The molecule has 2 aromatic rings. The molecular formula is C15H20N2O. The van der Waals surface area contributed by atoms with E-state index < -0.39 is 0 Å². The van der Waals surface area contributed by atoms with Crippen molar-refractivity contribution in [1.82, 2.24) is 9.88 Å². The fraction of sp³-hybridized carbons (Fsp3) is 0.400. The highest BCUT2D eigenvalue weighted by atomic mass is 16.2. The Balaban J connectivity index is 2.40. The Hall–Kier alpha value is -1.77. The van der Waals surface area contributed by atoms with Gasteiger partial charge in [-0.05, 0) is 38.5 Å². The minimum Gasteiger partial charge on any atom is -0.361 e. The number of benzene rings is 1. The highest BCUT2D eigenvalue weighted by Gasteiger charge is 2.19. The van der Waals surface area contributed by atoms with Crippen LogP contribution in [0.3, 0.4) is 0 Å². The first kappa shape index (κ1) is 12.7.